The van der Waals surface area contributed by atoms with Gasteiger partial charge in [0.15, 0.2) is 0 Å². The van der Waals surface area contributed by atoms with Crippen LogP contribution in [0.4, 0.5) is 0 Å². The Labute approximate surface area is 180 Å². The van der Waals surface area contributed by atoms with Gasteiger partial charge in [-0.05, 0) is 17.7 Å². The van der Waals surface area contributed by atoms with E-state index in [0.717, 1.165) is 10.6 Å². The molecule has 1 heterocycles. The fraction of sp³-hybridized carbons (Fsp3) is 0.250. The molecule has 1 atom stereocenters. The minimum atomic E-state index is -3.62. The van der Waals surface area contributed by atoms with Crippen LogP contribution in [0, 0.1) is 0 Å². The number of rotatable bonds is 7. The first kappa shape index (κ1) is 21.9. The van der Waals surface area contributed by atoms with Crippen LogP contribution < -0.4 is 0 Å². The highest BCUT2D eigenvalue weighted by Crippen LogP contribution is 2.26. The summed E-state index contributed by atoms with van der Waals surface area (Å²) in [6.45, 7) is 0.0111. The number of amides is 1. The van der Waals surface area contributed by atoms with E-state index in [2.05, 4.69) is 10.1 Å². The molecule has 0 aliphatic carbocycles. The number of aromatic nitrogens is 2. The van der Waals surface area contributed by atoms with Gasteiger partial charge < -0.3 is 9.42 Å². The highest BCUT2D eigenvalue weighted by Gasteiger charge is 2.33. The zero-order valence-corrected chi connectivity index (χ0v) is 18.3. The van der Waals surface area contributed by atoms with Gasteiger partial charge >= 0.3 is 0 Å². The topological polar surface area (TPSA) is 96.6 Å². The molecule has 0 aliphatic rings. The van der Waals surface area contributed by atoms with Gasteiger partial charge in [0.25, 0.3) is 0 Å². The Morgan fingerprint density at radius 3 is 2.37 bits per heavy atom. The van der Waals surface area contributed by atoms with Crippen LogP contribution in [-0.4, -0.2) is 54.0 Å². The van der Waals surface area contributed by atoms with E-state index in [4.69, 9.17) is 16.1 Å². The summed E-state index contributed by atoms with van der Waals surface area (Å²) >= 11 is 6.16. The lowest BCUT2D eigenvalue weighted by Crippen LogP contribution is -2.41. The Balaban J connectivity index is 1.84. The van der Waals surface area contributed by atoms with E-state index in [1.54, 1.807) is 61.6 Å². The third kappa shape index (κ3) is 4.86. The highest BCUT2D eigenvalue weighted by atomic mass is 35.5. The van der Waals surface area contributed by atoms with E-state index in [0.29, 0.717) is 22.0 Å². The molecule has 0 spiro atoms. The second kappa shape index (κ2) is 8.95. The van der Waals surface area contributed by atoms with Crippen molar-refractivity contribution in [2.45, 2.75) is 12.6 Å². The fourth-order valence-electron chi connectivity index (χ4n) is 2.90. The van der Waals surface area contributed by atoms with Crippen molar-refractivity contribution in [2.24, 2.45) is 0 Å². The molecule has 0 saturated carbocycles. The monoisotopic (exact) mass is 448 g/mol. The lowest BCUT2D eigenvalue weighted by atomic mass is 10.1. The Morgan fingerprint density at radius 2 is 1.73 bits per heavy atom. The maximum Gasteiger partial charge on any atom is 0.246 e. The normalized spacial score (nSPS) is 12.7. The van der Waals surface area contributed by atoms with E-state index in [-0.39, 0.29) is 12.4 Å². The van der Waals surface area contributed by atoms with Crippen LogP contribution in [0.25, 0.3) is 11.4 Å². The van der Waals surface area contributed by atoms with Gasteiger partial charge in [0.1, 0.15) is 6.04 Å². The second-order valence-corrected chi connectivity index (χ2v) is 9.23. The van der Waals surface area contributed by atoms with E-state index in [1.807, 2.05) is 0 Å². The summed E-state index contributed by atoms with van der Waals surface area (Å²) in [5.41, 5.74) is 1.17. The number of nitrogens with zero attached hydrogens (tertiary/aromatic N) is 4. The van der Waals surface area contributed by atoms with Crippen LogP contribution in [-0.2, 0) is 21.4 Å². The zero-order valence-electron chi connectivity index (χ0n) is 16.7. The van der Waals surface area contributed by atoms with Gasteiger partial charge in [0.05, 0.1) is 17.8 Å². The molecule has 0 bridgehead atoms. The van der Waals surface area contributed by atoms with Crippen LogP contribution in [0.2, 0.25) is 5.02 Å². The summed E-state index contributed by atoms with van der Waals surface area (Å²) < 4.78 is 30.6. The van der Waals surface area contributed by atoms with Crippen molar-refractivity contribution in [1.29, 1.82) is 0 Å². The molecule has 30 heavy (non-hydrogen) atoms. The van der Waals surface area contributed by atoms with E-state index < -0.39 is 22.0 Å². The summed E-state index contributed by atoms with van der Waals surface area (Å²) in [6, 6.07) is 14.8. The molecule has 10 heteroatoms. The molecule has 8 nitrogen and oxygen atoms in total. The predicted octanol–water partition coefficient (Wildman–Crippen LogP) is 2.98. The SMILES string of the molecule is CN(Cc1nc(-c2ccccc2Cl)no1)C(=O)[C@H](c1ccccc1)N(C)S(C)(=O)=O. The Bertz CT molecular complexity index is 1130. The quantitative estimate of drug-likeness (QED) is 0.551. The van der Waals surface area contributed by atoms with Crippen molar-refractivity contribution in [2.75, 3.05) is 20.4 Å². The van der Waals surface area contributed by atoms with E-state index in [9.17, 15) is 13.2 Å². The zero-order chi connectivity index (χ0) is 21.9. The largest absolute Gasteiger partial charge is 0.337 e. The fourth-order valence-corrected chi connectivity index (χ4v) is 3.71. The molecule has 0 N–H and O–H groups in total. The Kier molecular flexibility index (Phi) is 6.55. The standard InChI is InChI=1S/C20H21ClN4O4S/c1-24(13-17-22-19(23-29-17)15-11-7-8-12-16(15)21)20(26)18(25(2)30(3,27)28)14-9-5-4-6-10-14/h4-12,18H,13H2,1-3H3/t18-/m0/s1. The van der Waals surface area contributed by atoms with Crippen LogP contribution in [0.15, 0.2) is 59.1 Å². The van der Waals surface area contributed by atoms with Gasteiger partial charge in [-0.3, -0.25) is 4.79 Å². The van der Waals surface area contributed by atoms with Crippen molar-refractivity contribution in [3.8, 4) is 11.4 Å². The van der Waals surface area contributed by atoms with E-state index >= 15 is 0 Å². The van der Waals surface area contributed by atoms with Crippen LogP contribution in [0.3, 0.4) is 0 Å². The molecule has 3 aromatic rings. The average Bonchev–Trinajstić information content (AvgIpc) is 3.16. The first-order chi connectivity index (χ1) is 14.2. The molecule has 0 fully saturated rings. The van der Waals surface area contributed by atoms with E-state index in [1.165, 1.54) is 11.9 Å². The maximum absolute atomic E-state index is 13.2. The first-order valence-corrected chi connectivity index (χ1v) is 11.2. The number of hydrogen-bond acceptors (Lipinski definition) is 6. The van der Waals surface area contributed by atoms with Crippen molar-refractivity contribution >= 4 is 27.5 Å². The lowest BCUT2D eigenvalue weighted by molar-refractivity contribution is -0.134. The van der Waals surface area contributed by atoms with Gasteiger partial charge in [-0.25, -0.2) is 8.42 Å². The molecule has 0 unspecified atom stereocenters. The minimum absolute atomic E-state index is 0.0111. The van der Waals surface area contributed by atoms with Gasteiger partial charge in [-0.15, -0.1) is 0 Å². The van der Waals surface area contributed by atoms with Crippen LogP contribution in [0.1, 0.15) is 17.5 Å². The molecule has 2 aromatic carbocycles. The number of halogens is 1. The van der Waals surface area contributed by atoms with Gasteiger partial charge in [0.2, 0.25) is 27.6 Å². The number of hydrogen-bond donors (Lipinski definition) is 0. The molecular weight excluding hydrogens is 428 g/mol. The summed E-state index contributed by atoms with van der Waals surface area (Å²) in [7, 11) is -0.693. The molecule has 158 valence electrons. The summed E-state index contributed by atoms with van der Waals surface area (Å²) in [5.74, 6) is 0.0884. The Morgan fingerprint density at radius 1 is 1.10 bits per heavy atom. The van der Waals surface area contributed by atoms with Crippen molar-refractivity contribution in [3.05, 3.63) is 71.1 Å². The number of carbonyl (C=O) groups excluding carboxylic acids is 1. The van der Waals surface area contributed by atoms with Crippen molar-refractivity contribution < 1.29 is 17.7 Å². The average molecular weight is 449 g/mol. The highest BCUT2D eigenvalue weighted by molar-refractivity contribution is 7.88. The van der Waals surface area contributed by atoms with Crippen LogP contribution >= 0.6 is 11.6 Å². The molecule has 0 radical (unpaired) electrons. The molecule has 3 rings (SSSR count). The molecular formula is C20H21ClN4O4S. The third-order valence-corrected chi connectivity index (χ3v) is 6.15. The molecule has 1 aromatic heterocycles. The number of benzene rings is 2. The molecule has 0 saturated heterocycles. The number of carbonyl (C=O) groups is 1. The smallest absolute Gasteiger partial charge is 0.246 e. The van der Waals surface area contributed by atoms with Crippen molar-refractivity contribution in [1.82, 2.24) is 19.3 Å². The summed E-state index contributed by atoms with van der Waals surface area (Å²) in [6.07, 6.45) is 1.06. The maximum atomic E-state index is 13.2. The van der Waals surface area contributed by atoms with Gasteiger partial charge in [0, 0.05) is 19.7 Å². The van der Waals surface area contributed by atoms with Gasteiger partial charge in [-0.1, -0.05) is 59.2 Å². The molecule has 1 amide bonds. The summed E-state index contributed by atoms with van der Waals surface area (Å²) in [4.78, 5) is 18.8. The van der Waals surface area contributed by atoms with Crippen molar-refractivity contribution in [3.63, 3.8) is 0 Å². The summed E-state index contributed by atoms with van der Waals surface area (Å²) in [5, 5.41) is 4.40. The number of sulfonamides is 1. The van der Waals surface area contributed by atoms with Gasteiger partial charge in [-0.2, -0.15) is 9.29 Å². The lowest BCUT2D eigenvalue weighted by Gasteiger charge is -2.29. The molecule has 0 aliphatic heterocycles. The van der Waals surface area contributed by atoms with Crippen LogP contribution in [0.5, 0.6) is 0 Å². The number of likely N-dealkylation sites (N-methyl/N-ethyl adjacent to an activating group) is 2. The Hall–Kier alpha value is -2.75. The third-order valence-electron chi connectivity index (χ3n) is 4.57. The first-order valence-electron chi connectivity index (χ1n) is 8.99. The second-order valence-electron chi connectivity index (χ2n) is 6.78. The predicted molar refractivity (Wildman–Crippen MR) is 113 cm³/mol. The minimum Gasteiger partial charge on any atom is -0.337 e.